The zero-order valence-electron chi connectivity index (χ0n) is 18.1. The van der Waals surface area contributed by atoms with E-state index in [1.54, 1.807) is 24.4 Å². The molecule has 1 aromatic heterocycles. The molecule has 0 fully saturated rings. The van der Waals surface area contributed by atoms with Gasteiger partial charge in [-0.1, -0.05) is 23.8 Å². The van der Waals surface area contributed by atoms with Crippen LogP contribution in [0.4, 0.5) is 24.0 Å². The Morgan fingerprint density at radius 2 is 1.85 bits per heavy atom. The zero-order chi connectivity index (χ0) is 24.2. The molecule has 3 aromatic rings. The largest absolute Gasteiger partial charge is 0.479 e. The first-order valence-electron chi connectivity index (χ1n) is 9.87. The molecule has 0 N–H and O–H groups in total. The number of benzene rings is 2. The Balaban J connectivity index is 1.67. The average Bonchev–Trinajstić information content (AvgIpc) is 3.21. The van der Waals surface area contributed by atoms with Crippen LogP contribution < -0.4 is 9.64 Å². The first-order chi connectivity index (χ1) is 15.5. The number of aryl methyl sites for hydroxylation is 1. The van der Waals surface area contributed by atoms with Crippen LogP contribution in [0.2, 0.25) is 0 Å². The molecule has 2 aromatic carbocycles. The summed E-state index contributed by atoms with van der Waals surface area (Å²) in [6.45, 7) is 4.54. The second-order valence-corrected chi connectivity index (χ2v) is 8.04. The molecule has 0 saturated carbocycles. The van der Waals surface area contributed by atoms with E-state index in [1.165, 1.54) is 19.1 Å². The highest BCUT2D eigenvalue weighted by atomic mass is 32.1. The molecule has 0 radical (unpaired) electrons. The Morgan fingerprint density at radius 3 is 2.48 bits per heavy atom. The number of aromatic nitrogens is 1. The summed E-state index contributed by atoms with van der Waals surface area (Å²) in [6.07, 6.45) is -5.40. The van der Waals surface area contributed by atoms with Crippen molar-refractivity contribution in [3.63, 3.8) is 0 Å². The van der Waals surface area contributed by atoms with Gasteiger partial charge in [0.15, 0.2) is 11.2 Å². The van der Waals surface area contributed by atoms with E-state index in [-0.39, 0.29) is 17.4 Å². The van der Waals surface area contributed by atoms with Gasteiger partial charge in [-0.2, -0.15) is 13.2 Å². The molecule has 6 nitrogen and oxygen atoms in total. The number of hydrogen-bond donors (Lipinski definition) is 0. The third-order valence-electron chi connectivity index (χ3n) is 4.51. The highest BCUT2D eigenvalue weighted by Gasteiger charge is 2.31. The molecule has 174 valence electrons. The summed E-state index contributed by atoms with van der Waals surface area (Å²) in [7, 11) is 0. The summed E-state index contributed by atoms with van der Waals surface area (Å²) in [4.78, 5) is 29.7. The number of halogens is 3. The highest BCUT2D eigenvalue weighted by molar-refractivity contribution is 7.14. The lowest BCUT2D eigenvalue weighted by atomic mass is 10.2. The van der Waals surface area contributed by atoms with Crippen LogP contribution in [0.1, 0.15) is 30.7 Å². The summed E-state index contributed by atoms with van der Waals surface area (Å²) in [5.74, 6) is -0.585. The van der Waals surface area contributed by atoms with Crippen LogP contribution in [0, 0.1) is 6.92 Å². The van der Waals surface area contributed by atoms with Crippen LogP contribution in [0.25, 0.3) is 0 Å². The minimum absolute atomic E-state index is 0.0374. The summed E-state index contributed by atoms with van der Waals surface area (Å²) in [5, 5.41) is 1.73. The number of hydrogen-bond acceptors (Lipinski definition) is 6. The lowest BCUT2D eigenvalue weighted by Gasteiger charge is -2.19. The van der Waals surface area contributed by atoms with Gasteiger partial charge >= 0.3 is 12.1 Å². The number of ether oxygens (including phenoxy) is 2. The van der Waals surface area contributed by atoms with Gasteiger partial charge in [-0.05, 0) is 44.2 Å². The number of alkyl halides is 3. The predicted molar refractivity (Wildman–Crippen MR) is 117 cm³/mol. The van der Waals surface area contributed by atoms with Gasteiger partial charge in [-0.15, -0.1) is 11.3 Å². The van der Waals surface area contributed by atoms with E-state index in [9.17, 15) is 22.8 Å². The third-order valence-corrected chi connectivity index (χ3v) is 5.38. The number of amides is 1. The Morgan fingerprint density at radius 1 is 1.15 bits per heavy atom. The minimum atomic E-state index is -4.54. The SMILES string of the molecule is CC(=O)N(c1cccc(C(F)(F)F)c1)c1nc(COC(=O)C(C)Oc2ccc(C)cc2)cs1. The number of nitrogens with zero attached hydrogens (tertiary/aromatic N) is 2. The molecule has 1 amide bonds. The minimum Gasteiger partial charge on any atom is -0.479 e. The number of carbonyl (C=O) groups excluding carboxylic acids is 2. The van der Waals surface area contributed by atoms with E-state index in [4.69, 9.17) is 9.47 Å². The molecule has 1 atom stereocenters. The van der Waals surface area contributed by atoms with E-state index in [0.717, 1.165) is 33.9 Å². The van der Waals surface area contributed by atoms with Crippen LogP contribution in [-0.2, 0) is 27.1 Å². The maximum Gasteiger partial charge on any atom is 0.416 e. The third kappa shape index (κ3) is 6.32. The van der Waals surface area contributed by atoms with Crippen LogP contribution in [0.3, 0.4) is 0 Å². The molecule has 0 aliphatic heterocycles. The number of carbonyl (C=O) groups is 2. The molecule has 0 bridgehead atoms. The quantitative estimate of drug-likeness (QED) is 0.410. The van der Waals surface area contributed by atoms with Crippen molar-refractivity contribution in [2.24, 2.45) is 0 Å². The lowest BCUT2D eigenvalue weighted by molar-refractivity contribution is -0.152. The molecule has 0 aliphatic carbocycles. The standard InChI is InChI=1S/C23H21F3N2O4S/c1-14-7-9-20(10-8-14)32-15(2)21(30)31-12-18-13-33-22(27-18)28(16(3)29)19-6-4-5-17(11-19)23(24,25)26/h4-11,13,15H,12H2,1-3H3. The first kappa shape index (κ1) is 24.2. The van der Waals surface area contributed by atoms with Crippen molar-refractivity contribution < 1.29 is 32.2 Å². The normalized spacial score (nSPS) is 12.2. The van der Waals surface area contributed by atoms with E-state index >= 15 is 0 Å². The smallest absolute Gasteiger partial charge is 0.416 e. The van der Waals surface area contributed by atoms with Crippen molar-refractivity contribution in [3.05, 3.63) is 70.7 Å². The van der Waals surface area contributed by atoms with Gasteiger partial charge in [0, 0.05) is 12.3 Å². The molecular formula is C23H21F3N2O4S. The molecule has 33 heavy (non-hydrogen) atoms. The van der Waals surface area contributed by atoms with Crippen molar-refractivity contribution in [1.29, 1.82) is 0 Å². The molecule has 0 saturated heterocycles. The van der Waals surface area contributed by atoms with E-state index in [1.807, 2.05) is 19.1 Å². The van der Waals surface area contributed by atoms with E-state index in [2.05, 4.69) is 4.98 Å². The Labute approximate surface area is 192 Å². The first-order valence-corrected chi connectivity index (χ1v) is 10.7. The number of thiazole rings is 1. The van der Waals surface area contributed by atoms with Gasteiger partial charge in [0.1, 0.15) is 12.4 Å². The van der Waals surface area contributed by atoms with Gasteiger partial charge in [-0.25, -0.2) is 9.78 Å². The highest BCUT2D eigenvalue weighted by Crippen LogP contribution is 2.35. The number of rotatable bonds is 7. The summed E-state index contributed by atoms with van der Waals surface area (Å²) in [6, 6.07) is 11.6. The van der Waals surface area contributed by atoms with E-state index < -0.39 is 29.7 Å². The second-order valence-electron chi connectivity index (χ2n) is 7.20. The maximum atomic E-state index is 13.1. The van der Waals surface area contributed by atoms with Gasteiger partial charge in [0.25, 0.3) is 0 Å². The van der Waals surface area contributed by atoms with Crippen molar-refractivity contribution >= 4 is 34.0 Å². The van der Waals surface area contributed by atoms with Crippen LogP contribution >= 0.6 is 11.3 Å². The Hall–Kier alpha value is -3.40. The van der Waals surface area contributed by atoms with E-state index in [0.29, 0.717) is 11.4 Å². The predicted octanol–water partition coefficient (Wildman–Crippen LogP) is 5.67. The molecule has 1 heterocycles. The van der Waals surface area contributed by atoms with Gasteiger partial charge in [-0.3, -0.25) is 9.69 Å². The van der Waals surface area contributed by atoms with Gasteiger partial charge in [0.2, 0.25) is 5.91 Å². The van der Waals surface area contributed by atoms with Gasteiger partial charge < -0.3 is 9.47 Å². The Bertz CT molecular complexity index is 1130. The summed E-state index contributed by atoms with van der Waals surface area (Å²) < 4.78 is 50.0. The second kappa shape index (κ2) is 10.0. The Kier molecular flexibility index (Phi) is 7.37. The zero-order valence-corrected chi connectivity index (χ0v) is 18.9. The fraction of sp³-hybridized carbons (Fsp3) is 0.261. The monoisotopic (exact) mass is 478 g/mol. The molecule has 0 spiro atoms. The fourth-order valence-electron chi connectivity index (χ4n) is 2.85. The van der Waals surface area contributed by atoms with Crippen LogP contribution in [0.15, 0.2) is 53.9 Å². The number of anilines is 2. The summed E-state index contributed by atoms with van der Waals surface area (Å²) in [5.41, 5.74) is 0.570. The van der Waals surface area contributed by atoms with Crippen LogP contribution in [0.5, 0.6) is 5.75 Å². The molecule has 3 rings (SSSR count). The molecular weight excluding hydrogens is 457 g/mol. The van der Waals surface area contributed by atoms with Crippen molar-refractivity contribution in [3.8, 4) is 5.75 Å². The average molecular weight is 478 g/mol. The number of esters is 1. The molecule has 0 aliphatic rings. The van der Waals surface area contributed by atoms with Gasteiger partial charge in [0.05, 0.1) is 16.9 Å². The van der Waals surface area contributed by atoms with Crippen molar-refractivity contribution in [2.45, 2.75) is 39.7 Å². The van der Waals surface area contributed by atoms with Crippen molar-refractivity contribution in [1.82, 2.24) is 4.98 Å². The molecule has 1 unspecified atom stereocenters. The topological polar surface area (TPSA) is 68.7 Å². The van der Waals surface area contributed by atoms with Crippen LogP contribution in [-0.4, -0.2) is 23.0 Å². The molecule has 10 heteroatoms. The maximum absolute atomic E-state index is 13.1. The summed E-state index contributed by atoms with van der Waals surface area (Å²) >= 11 is 1.05. The van der Waals surface area contributed by atoms with Crippen molar-refractivity contribution in [2.75, 3.05) is 4.90 Å². The lowest BCUT2D eigenvalue weighted by Crippen LogP contribution is -2.26. The fourth-order valence-corrected chi connectivity index (χ4v) is 3.72.